The third-order valence-corrected chi connectivity index (χ3v) is 6.66. The minimum atomic E-state index is -3.88. The standard InChI is InChI=1S/C23H23IN2O4S/c1-2-30-20-12-10-19(11-13-20)25-23(27)22(16-17-6-4-3-5-7-17)26-31(28,29)21-14-8-18(24)9-15-21/h3-15,22,26H,2,16H2,1H3,(H,25,27)/t22-/m0/s1. The highest BCUT2D eigenvalue weighted by Crippen LogP contribution is 2.18. The number of amides is 1. The SMILES string of the molecule is CCOc1ccc(NC(=O)[C@H](Cc2ccccc2)NS(=O)(=O)c2ccc(I)cc2)cc1. The van der Waals surface area contributed by atoms with Crippen LogP contribution in [0.1, 0.15) is 12.5 Å². The molecular formula is C23H23IN2O4S. The van der Waals surface area contributed by atoms with E-state index in [2.05, 4.69) is 32.6 Å². The summed E-state index contributed by atoms with van der Waals surface area (Å²) < 4.78 is 34.7. The molecule has 3 aromatic rings. The molecule has 0 unspecified atom stereocenters. The van der Waals surface area contributed by atoms with Gasteiger partial charge in [0.05, 0.1) is 11.5 Å². The highest BCUT2D eigenvalue weighted by Gasteiger charge is 2.26. The molecule has 0 fully saturated rings. The number of benzene rings is 3. The van der Waals surface area contributed by atoms with Gasteiger partial charge in [0, 0.05) is 9.26 Å². The molecule has 3 rings (SSSR count). The van der Waals surface area contributed by atoms with E-state index >= 15 is 0 Å². The van der Waals surface area contributed by atoms with Crippen molar-refractivity contribution in [3.8, 4) is 5.75 Å². The molecule has 0 saturated heterocycles. The molecule has 8 heteroatoms. The van der Waals surface area contributed by atoms with E-state index < -0.39 is 22.0 Å². The van der Waals surface area contributed by atoms with Crippen LogP contribution in [0, 0.1) is 3.57 Å². The van der Waals surface area contributed by atoms with Gasteiger partial charge in [-0.2, -0.15) is 4.72 Å². The zero-order valence-corrected chi connectivity index (χ0v) is 19.9. The summed E-state index contributed by atoms with van der Waals surface area (Å²) in [5.41, 5.74) is 1.40. The van der Waals surface area contributed by atoms with Crippen LogP contribution in [0.4, 0.5) is 5.69 Å². The van der Waals surface area contributed by atoms with Gasteiger partial charge in [-0.15, -0.1) is 0 Å². The number of rotatable bonds is 9. The molecule has 0 radical (unpaired) electrons. The molecule has 162 valence electrons. The molecule has 2 N–H and O–H groups in total. The zero-order valence-electron chi connectivity index (χ0n) is 16.9. The van der Waals surface area contributed by atoms with Gasteiger partial charge in [-0.3, -0.25) is 4.79 Å². The van der Waals surface area contributed by atoms with Crippen molar-refractivity contribution < 1.29 is 17.9 Å². The first-order valence-corrected chi connectivity index (χ1v) is 12.3. The van der Waals surface area contributed by atoms with Crippen LogP contribution in [0.5, 0.6) is 5.75 Å². The Labute approximate surface area is 196 Å². The highest BCUT2D eigenvalue weighted by molar-refractivity contribution is 14.1. The molecule has 0 aliphatic carbocycles. The Morgan fingerprint density at radius 2 is 1.61 bits per heavy atom. The molecule has 0 aliphatic heterocycles. The van der Waals surface area contributed by atoms with Gasteiger partial charge in [-0.05, 0) is 90.0 Å². The fourth-order valence-corrected chi connectivity index (χ4v) is 4.49. The van der Waals surface area contributed by atoms with Gasteiger partial charge in [0.1, 0.15) is 11.8 Å². The van der Waals surface area contributed by atoms with Gasteiger partial charge in [0.2, 0.25) is 15.9 Å². The largest absolute Gasteiger partial charge is 0.494 e. The van der Waals surface area contributed by atoms with Crippen LogP contribution in [0.25, 0.3) is 0 Å². The predicted molar refractivity (Wildman–Crippen MR) is 130 cm³/mol. The molecule has 0 spiro atoms. The van der Waals surface area contributed by atoms with Crippen molar-refractivity contribution in [2.75, 3.05) is 11.9 Å². The maximum Gasteiger partial charge on any atom is 0.242 e. The summed E-state index contributed by atoms with van der Waals surface area (Å²) in [7, 11) is -3.88. The average Bonchev–Trinajstić information content (AvgIpc) is 2.76. The summed E-state index contributed by atoms with van der Waals surface area (Å²) in [5.74, 6) is 0.253. The van der Waals surface area contributed by atoms with Crippen LogP contribution >= 0.6 is 22.6 Å². The smallest absolute Gasteiger partial charge is 0.242 e. The number of hydrogen-bond acceptors (Lipinski definition) is 4. The number of nitrogens with one attached hydrogen (secondary N) is 2. The first-order chi connectivity index (χ1) is 14.9. The second kappa shape index (κ2) is 10.7. The number of halogens is 1. The van der Waals surface area contributed by atoms with Crippen molar-refractivity contribution in [3.05, 3.63) is 88.0 Å². The Bertz CT molecular complexity index is 1100. The average molecular weight is 550 g/mol. The summed E-state index contributed by atoms with van der Waals surface area (Å²) in [5, 5.41) is 2.79. The minimum Gasteiger partial charge on any atom is -0.494 e. The zero-order chi connectivity index (χ0) is 22.3. The lowest BCUT2D eigenvalue weighted by Gasteiger charge is -2.19. The summed E-state index contributed by atoms with van der Waals surface area (Å²) in [6.07, 6.45) is 0.216. The normalized spacial score (nSPS) is 12.2. The molecular weight excluding hydrogens is 527 g/mol. The molecule has 0 aliphatic rings. The Morgan fingerprint density at radius 3 is 2.23 bits per heavy atom. The van der Waals surface area contributed by atoms with Crippen molar-refractivity contribution in [2.24, 2.45) is 0 Å². The Kier molecular flexibility index (Phi) is 8.05. The molecule has 0 heterocycles. The number of hydrogen-bond donors (Lipinski definition) is 2. The van der Waals surface area contributed by atoms with Crippen molar-refractivity contribution in [1.82, 2.24) is 4.72 Å². The van der Waals surface area contributed by atoms with E-state index in [1.807, 2.05) is 37.3 Å². The Hall–Kier alpha value is -2.43. The topological polar surface area (TPSA) is 84.5 Å². The van der Waals surface area contributed by atoms with Gasteiger partial charge in [0.15, 0.2) is 0 Å². The van der Waals surface area contributed by atoms with E-state index in [0.717, 1.165) is 9.13 Å². The van der Waals surface area contributed by atoms with Crippen molar-refractivity contribution in [1.29, 1.82) is 0 Å². The fourth-order valence-electron chi connectivity index (χ4n) is 2.94. The van der Waals surface area contributed by atoms with Crippen LogP contribution < -0.4 is 14.8 Å². The lowest BCUT2D eigenvalue weighted by Crippen LogP contribution is -2.45. The second-order valence-corrected chi connectivity index (χ2v) is 9.72. The van der Waals surface area contributed by atoms with Crippen LogP contribution in [0.15, 0.2) is 83.8 Å². The third kappa shape index (κ3) is 6.78. The van der Waals surface area contributed by atoms with Crippen molar-refractivity contribution >= 4 is 44.2 Å². The fraction of sp³-hybridized carbons (Fsp3) is 0.174. The molecule has 1 amide bonds. The number of ether oxygens (including phenoxy) is 1. The Balaban J connectivity index is 1.81. The van der Waals surface area contributed by atoms with E-state index in [4.69, 9.17) is 4.74 Å². The molecule has 0 aromatic heterocycles. The molecule has 6 nitrogen and oxygen atoms in total. The van der Waals surface area contributed by atoms with E-state index in [9.17, 15) is 13.2 Å². The first kappa shape index (κ1) is 23.2. The lowest BCUT2D eigenvalue weighted by atomic mass is 10.1. The molecule has 1 atom stereocenters. The van der Waals surface area contributed by atoms with Crippen LogP contribution in [0.3, 0.4) is 0 Å². The first-order valence-electron chi connectivity index (χ1n) is 9.73. The van der Waals surface area contributed by atoms with E-state index in [0.29, 0.717) is 18.0 Å². The van der Waals surface area contributed by atoms with Gasteiger partial charge in [-0.25, -0.2) is 8.42 Å². The van der Waals surface area contributed by atoms with Gasteiger partial charge in [-0.1, -0.05) is 30.3 Å². The molecule has 31 heavy (non-hydrogen) atoms. The third-order valence-electron chi connectivity index (χ3n) is 4.45. The quantitative estimate of drug-likeness (QED) is 0.391. The number of carbonyl (C=O) groups excluding carboxylic acids is 1. The summed E-state index contributed by atoms with van der Waals surface area (Å²) in [4.78, 5) is 13.1. The number of carbonyl (C=O) groups is 1. The van der Waals surface area contributed by atoms with Gasteiger partial charge in [0.25, 0.3) is 0 Å². The maximum absolute atomic E-state index is 13.0. The number of sulfonamides is 1. The monoisotopic (exact) mass is 550 g/mol. The van der Waals surface area contributed by atoms with E-state index in [1.54, 1.807) is 36.4 Å². The summed E-state index contributed by atoms with van der Waals surface area (Å²) >= 11 is 2.11. The van der Waals surface area contributed by atoms with Gasteiger partial charge < -0.3 is 10.1 Å². The predicted octanol–water partition coefficient (Wildman–Crippen LogP) is 4.22. The van der Waals surface area contributed by atoms with Gasteiger partial charge >= 0.3 is 0 Å². The molecule has 3 aromatic carbocycles. The lowest BCUT2D eigenvalue weighted by molar-refractivity contribution is -0.117. The van der Waals surface area contributed by atoms with Crippen molar-refractivity contribution in [2.45, 2.75) is 24.3 Å². The van der Waals surface area contributed by atoms with Crippen LogP contribution in [-0.4, -0.2) is 27.0 Å². The van der Waals surface area contributed by atoms with Crippen LogP contribution in [-0.2, 0) is 21.2 Å². The maximum atomic E-state index is 13.0. The van der Waals surface area contributed by atoms with E-state index in [-0.39, 0.29) is 11.3 Å². The Morgan fingerprint density at radius 1 is 0.968 bits per heavy atom. The van der Waals surface area contributed by atoms with Crippen LogP contribution in [0.2, 0.25) is 0 Å². The van der Waals surface area contributed by atoms with Crippen molar-refractivity contribution in [3.63, 3.8) is 0 Å². The summed E-state index contributed by atoms with van der Waals surface area (Å²) in [6.45, 7) is 2.44. The minimum absolute atomic E-state index is 0.111. The molecule has 0 saturated carbocycles. The summed E-state index contributed by atoms with van der Waals surface area (Å²) in [6, 6.07) is 21.7. The second-order valence-electron chi connectivity index (χ2n) is 6.76. The highest BCUT2D eigenvalue weighted by atomic mass is 127. The van der Waals surface area contributed by atoms with E-state index in [1.165, 1.54) is 12.1 Å². The number of anilines is 1. The molecule has 0 bridgehead atoms.